The number of aromatic nitrogens is 1. The lowest BCUT2D eigenvalue weighted by Gasteiger charge is -2.21. The minimum atomic E-state index is -1.33. The molecular formula is C27H42N8O6. The molecule has 0 saturated heterocycles. The molecule has 0 spiro atoms. The Morgan fingerprint density at radius 1 is 1.20 bits per heavy atom. The smallest absolute Gasteiger partial charge is 0.287 e. The normalized spacial score (nSPS) is 19.1. The van der Waals surface area contributed by atoms with E-state index in [0.29, 0.717) is 11.8 Å². The summed E-state index contributed by atoms with van der Waals surface area (Å²) >= 11 is 0. The summed E-state index contributed by atoms with van der Waals surface area (Å²) in [5, 5.41) is 11.1. The van der Waals surface area contributed by atoms with E-state index in [1.807, 2.05) is 0 Å². The van der Waals surface area contributed by atoms with Crippen LogP contribution in [0.1, 0.15) is 52.4 Å². The standard InChI is InChI=1S/C27H42N8O6/c1-5-7-17-12-16(2)20(13-17)31-23(37)15-35-11-6-8-19(27(35)41)33-24(38)18(9-10-22(36)26(40)30-3)32-25(39)21(14-28)34(4)29/h6,8,11,14,16-18,20H,5,7,9-10,12-13,15,28-29H2,1-4H3,(H,30,40)(H,31,37)(H,32,39)(H,33,38)/b21-14-. The molecule has 4 unspecified atom stereocenters. The van der Waals surface area contributed by atoms with Gasteiger partial charge >= 0.3 is 0 Å². The Morgan fingerprint density at radius 3 is 2.51 bits per heavy atom. The average Bonchev–Trinajstić information content (AvgIpc) is 3.26. The van der Waals surface area contributed by atoms with Gasteiger partial charge in [0.05, 0.1) is 0 Å². The molecule has 1 aromatic rings. The van der Waals surface area contributed by atoms with E-state index in [1.165, 1.54) is 37.0 Å². The van der Waals surface area contributed by atoms with Gasteiger partial charge in [-0.05, 0) is 43.2 Å². The van der Waals surface area contributed by atoms with Crippen molar-refractivity contribution in [3.05, 3.63) is 40.6 Å². The van der Waals surface area contributed by atoms with Crippen molar-refractivity contribution in [2.24, 2.45) is 23.4 Å². The number of anilines is 1. The number of carbonyl (C=O) groups excluding carboxylic acids is 5. The number of carbonyl (C=O) groups is 5. The van der Waals surface area contributed by atoms with Crippen LogP contribution in [0.25, 0.3) is 0 Å². The number of hydrogen-bond donors (Lipinski definition) is 6. The number of hydrazine groups is 1. The molecule has 14 heteroatoms. The first-order chi connectivity index (χ1) is 19.4. The van der Waals surface area contributed by atoms with E-state index in [9.17, 15) is 28.8 Å². The van der Waals surface area contributed by atoms with Gasteiger partial charge < -0.3 is 36.6 Å². The third-order valence-corrected chi connectivity index (χ3v) is 7.15. The second-order valence-electron chi connectivity index (χ2n) is 10.4. The van der Waals surface area contributed by atoms with E-state index in [0.717, 1.165) is 36.9 Å². The van der Waals surface area contributed by atoms with Crippen LogP contribution < -0.4 is 38.4 Å². The summed E-state index contributed by atoms with van der Waals surface area (Å²) in [6, 6.07) is 1.57. The average molecular weight is 575 g/mol. The van der Waals surface area contributed by atoms with Crippen molar-refractivity contribution in [2.45, 2.75) is 71.0 Å². The summed E-state index contributed by atoms with van der Waals surface area (Å²) in [4.78, 5) is 75.3. The number of hydrogen-bond acceptors (Lipinski definition) is 9. The molecule has 0 aromatic carbocycles. The van der Waals surface area contributed by atoms with Crippen molar-refractivity contribution >= 4 is 35.1 Å². The predicted molar refractivity (Wildman–Crippen MR) is 153 cm³/mol. The van der Waals surface area contributed by atoms with Gasteiger partial charge in [0.25, 0.3) is 17.4 Å². The molecule has 1 heterocycles. The van der Waals surface area contributed by atoms with Crippen LogP contribution in [0, 0.1) is 11.8 Å². The van der Waals surface area contributed by atoms with E-state index < -0.39 is 35.1 Å². The molecule has 0 radical (unpaired) electrons. The van der Waals surface area contributed by atoms with E-state index in [4.69, 9.17) is 11.6 Å². The van der Waals surface area contributed by atoms with Crippen LogP contribution in [0.4, 0.5) is 5.69 Å². The van der Waals surface area contributed by atoms with Gasteiger partial charge in [-0.15, -0.1) is 0 Å². The van der Waals surface area contributed by atoms with Crippen molar-refractivity contribution in [1.29, 1.82) is 0 Å². The number of nitrogens with two attached hydrogens (primary N) is 2. The van der Waals surface area contributed by atoms with Crippen LogP contribution in [0.5, 0.6) is 0 Å². The predicted octanol–water partition coefficient (Wildman–Crippen LogP) is -0.696. The first-order valence-corrected chi connectivity index (χ1v) is 13.7. The van der Waals surface area contributed by atoms with Crippen LogP contribution >= 0.6 is 0 Å². The molecule has 2 rings (SSSR count). The zero-order valence-corrected chi connectivity index (χ0v) is 24.1. The van der Waals surface area contributed by atoms with Crippen LogP contribution in [0.3, 0.4) is 0 Å². The zero-order chi connectivity index (χ0) is 30.7. The lowest BCUT2D eigenvalue weighted by molar-refractivity contribution is -0.137. The molecule has 14 nitrogen and oxygen atoms in total. The monoisotopic (exact) mass is 574 g/mol. The topological polar surface area (TPSA) is 211 Å². The van der Waals surface area contributed by atoms with Crippen molar-refractivity contribution in [3.8, 4) is 0 Å². The van der Waals surface area contributed by atoms with Crippen molar-refractivity contribution in [1.82, 2.24) is 25.5 Å². The molecule has 1 aliphatic carbocycles. The SMILES string of the molecule is CCCC1CC(C)C(NC(=O)Cn2cccc(NC(=O)C(CCC(=O)C(=O)NC)NC(=O)/C(=C/N)N(C)N)c2=O)C1. The number of ketones is 1. The highest BCUT2D eigenvalue weighted by Crippen LogP contribution is 2.33. The number of Topliss-reactive ketones (excluding diaryl/α,β-unsaturated/α-hetero) is 1. The Bertz CT molecular complexity index is 1210. The summed E-state index contributed by atoms with van der Waals surface area (Å²) in [6.45, 7) is 4.01. The van der Waals surface area contributed by atoms with Crippen LogP contribution in [-0.4, -0.2) is 65.2 Å². The molecule has 4 atom stereocenters. The Balaban J connectivity index is 2.15. The van der Waals surface area contributed by atoms with Gasteiger partial charge in [-0.2, -0.15) is 0 Å². The maximum atomic E-state index is 13.2. The second-order valence-corrected chi connectivity index (χ2v) is 10.4. The van der Waals surface area contributed by atoms with Gasteiger partial charge in [-0.25, -0.2) is 5.84 Å². The molecule has 0 aliphatic heterocycles. The van der Waals surface area contributed by atoms with Crippen LogP contribution in [-0.2, 0) is 30.5 Å². The summed E-state index contributed by atoms with van der Waals surface area (Å²) < 4.78 is 1.18. The first-order valence-electron chi connectivity index (χ1n) is 13.7. The highest BCUT2D eigenvalue weighted by molar-refractivity contribution is 6.36. The molecule has 1 fully saturated rings. The summed E-state index contributed by atoms with van der Waals surface area (Å²) in [5.41, 5.74) is 4.53. The van der Waals surface area contributed by atoms with Gasteiger partial charge in [0.15, 0.2) is 0 Å². The Labute approximate surface area is 239 Å². The Hall–Kier alpha value is -4.20. The van der Waals surface area contributed by atoms with Crippen LogP contribution in [0.15, 0.2) is 35.0 Å². The Morgan fingerprint density at radius 2 is 1.90 bits per heavy atom. The molecule has 1 aliphatic rings. The van der Waals surface area contributed by atoms with E-state index >= 15 is 0 Å². The highest BCUT2D eigenvalue weighted by Gasteiger charge is 2.32. The number of nitrogens with one attached hydrogen (secondary N) is 4. The fourth-order valence-corrected chi connectivity index (χ4v) is 4.99. The molecule has 8 N–H and O–H groups in total. The van der Waals surface area contributed by atoms with E-state index in [-0.39, 0.29) is 42.7 Å². The molecule has 41 heavy (non-hydrogen) atoms. The third kappa shape index (κ3) is 9.45. The lowest BCUT2D eigenvalue weighted by Crippen LogP contribution is -2.48. The molecule has 4 amide bonds. The first kappa shape index (κ1) is 33.0. The minimum absolute atomic E-state index is 0.0412. The number of nitrogens with zero attached hydrogens (tertiary/aromatic N) is 2. The number of rotatable bonds is 14. The molecule has 1 saturated carbocycles. The second kappa shape index (κ2) is 15.6. The quantitative estimate of drug-likeness (QED) is 0.0717. The summed E-state index contributed by atoms with van der Waals surface area (Å²) in [5.74, 6) is 2.93. The van der Waals surface area contributed by atoms with Gasteiger partial charge in [0.2, 0.25) is 17.6 Å². The molecular weight excluding hydrogens is 532 g/mol. The maximum absolute atomic E-state index is 13.2. The maximum Gasteiger partial charge on any atom is 0.287 e. The van der Waals surface area contributed by atoms with Gasteiger partial charge in [-0.3, -0.25) is 28.8 Å². The number of amides is 4. The van der Waals surface area contributed by atoms with Crippen LogP contribution in [0.2, 0.25) is 0 Å². The van der Waals surface area contributed by atoms with E-state index in [2.05, 4.69) is 35.1 Å². The van der Waals surface area contributed by atoms with Crippen molar-refractivity contribution in [3.63, 3.8) is 0 Å². The van der Waals surface area contributed by atoms with Crippen molar-refractivity contribution in [2.75, 3.05) is 19.4 Å². The van der Waals surface area contributed by atoms with Crippen molar-refractivity contribution < 1.29 is 24.0 Å². The summed E-state index contributed by atoms with van der Waals surface area (Å²) in [7, 11) is 2.65. The summed E-state index contributed by atoms with van der Waals surface area (Å²) in [6.07, 6.45) is 5.93. The van der Waals surface area contributed by atoms with Gasteiger partial charge in [0, 0.05) is 39.0 Å². The fourth-order valence-electron chi connectivity index (χ4n) is 4.99. The number of pyridine rings is 1. The molecule has 0 bridgehead atoms. The lowest BCUT2D eigenvalue weighted by atomic mass is 10.0. The largest absolute Gasteiger partial charge is 0.403 e. The molecule has 1 aromatic heterocycles. The van der Waals surface area contributed by atoms with E-state index in [1.54, 1.807) is 0 Å². The highest BCUT2D eigenvalue weighted by atomic mass is 16.2. The fraction of sp³-hybridized carbons (Fsp3) is 0.556. The zero-order valence-electron chi connectivity index (χ0n) is 24.1. The van der Waals surface area contributed by atoms with Gasteiger partial charge in [-0.1, -0.05) is 26.7 Å². The third-order valence-electron chi connectivity index (χ3n) is 7.15. The number of likely N-dealkylation sites (N-methyl/N-ethyl adjacent to an activating group) is 2. The minimum Gasteiger partial charge on any atom is -0.403 e. The van der Waals surface area contributed by atoms with Gasteiger partial charge in [0.1, 0.15) is 24.0 Å². The Kier molecular flexibility index (Phi) is 12.5. The molecule has 226 valence electrons.